The normalized spacial score (nSPS) is 13.9. The molecular formula is C17H27NO3. The third-order valence-electron chi connectivity index (χ3n) is 3.63. The minimum atomic E-state index is -0.896. The lowest BCUT2D eigenvalue weighted by Gasteiger charge is -2.23. The predicted octanol–water partition coefficient (Wildman–Crippen LogP) is 3.04. The minimum absolute atomic E-state index is 0.0805. The predicted molar refractivity (Wildman–Crippen MR) is 84.3 cm³/mol. The molecule has 4 heteroatoms. The van der Waals surface area contributed by atoms with E-state index in [9.17, 15) is 9.90 Å². The van der Waals surface area contributed by atoms with Crippen molar-refractivity contribution in [2.24, 2.45) is 0 Å². The van der Waals surface area contributed by atoms with Gasteiger partial charge in [-0.1, -0.05) is 56.0 Å². The highest BCUT2D eigenvalue weighted by molar-refractivity contribution is 5.67. The fourth-order valence-electron chi connectivity index (χ4n) is 2.32. The zero-order valence-electron chi connectivity index (χ0n) is 13.0. The number of aryl methyl sites for hydroxylation is 1. The molecule has 0 saturated heterocycles. The van der Waals surface area contributed by atoms with Gasteiger partial charge in [-0.05, 0) is 25.5 Å². The van der Waals surface area contributed by atoms with Gasteiger partial charge in [-0.2, -0.15) is 0 Å². The van der Waals surface area contributed by atoms with Gasteiger partial charge >= 0.3 is 5.97 Å². The zero-order valence-corrected chi connectivity index (χ0v) is 13.0. The highest BCUT2D eigenvalue weighted by Crippen LogP contribution is 2.19. The van der Waals surface area contributed by atoms with Crippen LogP contribution in [0.15, 0.2) is 24.3 Å². The molecule has 118 valence electrons. The summed E-state index contributed by atoms with van der Waals surface area (Å²) in [6, 6.07) is 7.11. The molecule has 3 N–H and O–H groups in total. The summed E-state index contributed by atoms with van der Waals surface area (Å²) < 4.78 is 0. The molecule has 0 aliphatic rings. The van der Waals surface area contributed by atoms with E-state index < -0.39 is 18.1 Å². The first kappa shape index (κ1) is 17.7. The van der Waals surface area contributed by atoms with Crippen LogP contribution in [0.2, 0.25) is 0 Å². The second-order valence-corrected chi connectivity index (χ2v) is 5.57. The number of carbonyl (C=O) groups is 1. The Kier molecular flexibility index (Phi) is 8.01. The minimum Gasteiger partial charge on any atom is -0.481 e. The summed E-state index contributed by atoms with van der Waals surface area (Å²) in [5, 5.41) is 22.6. The summed E-state index contributed by atoms with van der Waals surface area (Å²) in [6.07, 6.45) is 3.61. The lowest BCUT2D eigenvalue weighted by Crippen LogP contribution is -2.37. The Hall–Kier alpha value is -1.39. The van der Waals surface area contributed by atoms with Crippen LogP contribution in [0.3, 0.4) is 0 Å². The maximum atomic E-state index is 11.0. The Balaban J connectivity index is 2.58. The third-order valence-corrected chi connectivity index (χ3v) is 3.63. The molecule has 0 amide bonds. The zero-order chi connectivity index (χ0) is 15.7. The second kappa shape index (κ2) is 9.53. The lowest BCUT2D eigenvalue weighted by atomic mass is 9.98. The maximum absolute atomic E-state index is 11.0. The number of hydrogen-bond donors (Lipinski definition) is 3. The lowest BCUT2D eigenvalue weighted by molar-refractivity contribution is -0.138. The van der Waals surface area contributed by atoms with Crippen molar-refractivity contribution in [3.63, 3.8) is 0 Å². The Morgan fingerprint density at radius 2 is 1.86 bits per heavy atom. The number of carboxylic acid groups (broad SMARTS) is 1. The van der Waals surface area contributed by atoms with E-state index in [-0.39, 0.29) is 6.42 Å². The molecule has 0 heterocycles. The van der Waals surface area contributed by atoms with Gasteiger partial charge in [0.15, 0.2) is 0 Å². The first-order valence-corrected chi connectivity index (χ1v) is 7.74. The van der Waals surface area contributed by atoms with Crippen LogP contribution >= 0.6 is 0 Å². The summed E-state index contributed by atoms with van der Waals surface area (Å²) in [5.74, 6) is -0.896. The monoisotopic (exact) mass is 293 g/mol. The van der Waals surface area contributed by atoms with Crippen molar-refractivity contribution in [3.8, 4) is 0 Å². The molecule has 4 nitrogen and oxygen atoms in total. The Bertz CT molecular complexity index is 417. The topological polar surface area (TPSA) is 69.6 Å². The maximum Gasteiger partial charge on any atom is 0.305 e. The molecule has 0 saturated carbocycles. The summed E-state index contributed by atoms with van der Waals surface area (Å²) in [5.41, 5.74) is 1.88. The molecule has 1 rings (SSSR count). The number of aliphatic carboxylic acids is 1. The average molecular weight is 293 g/mol. The average Bonchev–Trinajstić information content (AvgIpc) is 2.45. The molecule has 0 spiro atoms. The van der Waals surface area contributed by atoms with Crippen molar-refractivity contribution in [1.29, 1.82) is 0 Å². The van der Waals surface area contributed by atoms with Crippen LogP contribution in [0.25, 0.3) is 0 Å². The van der Waals surface area contributed by atoms with Gasteiger partial charge in [0, 0.05) is 6.04 Å². The fraction of sp³-hybridized carbons (Fsp3) is 0.588. The highest BCUT2D eigenvalue weighted by Gasteiger charge is 2.22. The molecule has 21 heavy (non-hydrogen) atoms. The SMILES string of the molecule is CCCCCCNC(CC(=O)O)C(O)c1ccc(C)cc1. The molecule has 2 unspecified atom stereocenters. The largest absolute Gasteiger partial charge is 0.481 e. The van der Waals surface area contributed by atoms with E-state index in [4.69, 9.17) is 5.11 Å². The molecule has 0 fully saturated rings. The smallest absolute Gasteiger partial charge is 0.305 e. The number of nitrogens with one attached hydrogen (secondary N) is 1. The quantitative estimate of drug-likeness (QED) is 0.580. The van der Waals surface area contributed by atoms with Crippen LogP contribution in [0, 0.1) is 6.92 Å². The van der Waals surface area contributed by atoms with Gasteiger partial charge in [-0.25, -0.2) is 0 Å². The van der Waals surface area contributed by atoms with E-state index in [1.807, 2.05) is 31.2 Å². The van der Waals surface area contributed by atoms with E-state index in [1.165, 1.54) is 12.8 Å². The molecular weight excluding hydrogens is 266 g/mol. The van der Waals surface area contributed by atoms with E-state index in [0.29, 0.717) is 0 Å². The first-order valence-electron chi connectivity index (χ1n) is 7.74. The van der Waals surface area contributed by atoms with Gasteiger partial charge in [-0.15, -0.1) is 0 Å². The molecule has 1 aromatic carbocycles. The summed E-state index contributed by atoms with van der Waals surface area (Å²) in [6.45, 7) is 4.87. The Morgan fingerprint density at radius 1 is 1.19 bits per heavy atom. The van der Waals surface area contributed by atoms with Crippen molar-refractivity contribution >= 4 is 5.97 Å². The van der Waals surface area contributed by atoms with E-state index in [2.05, 4.69) is 12.2 Å². The number of carboxylic acids is 1. The van der Waals surface area contributed by atoms with Gasteiger partial charge < -0.3 is 15.5 Å². The van der Waals surface area contributed by atoms with Crippen LogP contribution in [0.1, 0.15) is 56.3 Å². The summed E-state index contributed by atoms with van der Waals surface area (Å²) in [7, 11) is 0. The molecule has 0 aromatic heterocycles. The van der Waals surface area contributed by atoms with E-state index in [0.717, 1.165) is 30.5 Å². The number of rotatable bonds is 10. The number of benzene rings is 1. The summed E-state index contributed by atoms with van der Waals surface area (Å²) in [4.78, 5) is 11.0. The number of unbranched alkanes of at least 4 members (excludes halogenated alkanes) is 3. The standard InChI is InChI=1S/C17H27NO3/c1-3-4-5-6-11-18-15(12-16(19)20)17(21)14-9-7-13(2)8-10-14/h7-10,15,17-18,21H,3-6,11-12H2,1-2H3,(H,19,20). The Labute approximate surface area is 127 Å². The second-order valence-electron chi connectivity index (χ2n) is 5.57. The van der Waals surface area contributed by atoms with Crippen LogP contribution < -0.4 is 5.32 Å². The van der Waals surface area contributed by atoms with Crippen LogP contribution in [0.5, 0.6) is 0 Å². The van der Waals surface area contributed by atoms with Gasteiger partial charge in [0.1, 0.15) is 0 Å². The number of aliphatic hydroxyl groups excluding tert-OH is 1. The van der Waals surface area contributed by atoms with Crippen molar-refractivity contribution in [2.45, 2.75) is 58.1 Å². The Morgan fingerprint density at radius 3 is 2.43 bits per heavy atom. The molecule has 0 aliphatic heterocycles. The molecule has 0 bridgehead atoms. The third kappa shape index (κ3) is 6.74. The number of aliphatic hydroxyl groups is 1. The molecule has 1 aromatic rings. The first-order chi connectivity index (χ1) is 10.0. The fourth-order valence-corrected chi connectivity index (χ4v) is 2.32. The van der Waals surface area contributed by atoms with Crippen LogP contribution in [-0.2, 0) is 4.79 Å². The van der Waals surface area contributed by atoms with Crippen molar-refractivity contribution in [1.82, 2.24) is 5.32 Å². The van der Waals surface area contributed by atoms with Crippen LogP contribution in [-0.4, -0.2) is 28.8 Å². The highest BCUT2D eigenvalue weighted by atomic mass is 16.4. The number of hydrogen-bond acceptors (Lipinski definition) is 3. The van der Waals surface area contributed by atoms with Gasteiger partial charge in [0.2, 0.25) is 0 Å². The van der Waals surface area contributed by atoms with Crippen molar-refractivity contribution in [2.75, 3.05) is 6.54 Å². The van der Waals surface area contributed by atoms with Gasteiger partial charge in [0.25, 0.3) is 0 Å². The molecule has 2 atom stereocenters. The van der Waals surface area contributed by atoms with Crippen molar-refractivity contribution < 1.29 is 15.0 Å². The van der Waals surface area contributed by atoms with Crippen LogP contribution in [0.4, 0.5) is 0 Å². The van der Waals surface area contributed by atoms with Gasteiger partial charge in [0.05, 0.1) is 12.5 Å². The van der Waals surface area contributed by atoms with E-state index >= 15 is 0 Å². The van der Waals surface area contributed by atoms with Gasteiger partial charge in [-0.3, -0.25) is 4.79 Å². The van der Waals surface area contributed by atoms with Crippen molar-refractivity contribution in [3.05, 3.63) is 35.4 Å². The molecule has 0 radical (unpaired) electrons. The summed E-state index contributed by atoms with van der Waals surface area (Å²) >= 11 is 0. The van der Waals surface area contributed by atoms with E-state index in [1.54, 1.807) is 0 Å². The molecule has 0 aliphatic carbocycles.